The predicted molar refractivity (Wildman–Crippen MR) is 76.5 cm³/mol. The summed E-state index contributed by atoms with van der Waals surface area (Å²) in [4.78, 5) is 12.5. The molecule has 4 atom stereocenters. The zero-order chi connectivity index (χ0) is 15.4. The summed E-state index contributed by atoms with van der Waals surface area (Å²) >= 11 is 0. The van der Waals surface area contributed by atoms with Gasteiger partial charge in [0.15, 0.2) is 17.4 Å². The van der Waals surface area contributed by atoms with E-state index in [4.69, 9.17) is 4.74 Å². The van der Waals surface area contributed by atoms with Crippen molar-refractivity contribution in [2.45, 2.75) is 44.4 Å². The van der Waals surface area contributed by atoms with Crippen molar-refractivity contribution >= 4 is 16.9 Å². The lowest BCUT2D eigenvalue weighted by atomic mass is 10.1. The first-order valence-electron chi connectivity index (χ1n) is 7.36. The molecule has 1 fully saturated rings. The van der Waals surface area contributed by atoms with Crippen molar-refractivity contribution < 1.29 is 14.9 Å². The Kier molecular flexibility index (Phi) is 2.96. The fourth-order valence-electron chi connectivity index (χ4n) is 3.11. The van der Waals surface area contributed by atoms with Gasteiger partial charge in [-0.15, -0.1) is 5.10 Å². The fourth-order valence-corrected chi connectivity index (χ4v) is 3.11. The molecule has 2 aliphatic heterocycles. The van der Waals surface area contributed by atoms with E-state index in [-0.39, 0.29) is 12.1 Å². The molecule has 0 amide bonds. The first kappa shape index (κ1) is 13.7. The molecule has 4 heterocycles. The van der Waals surface area contributed by atoms with Gasteiger partial charge in [-0.2, -0.15) is 0 Å². The van der Waals surface area contributed by atoms with Crippen molar-refractivity contribution in [3.05, 3.63) is 16.4 Å². The van der Waals surface area contributed by atoms with Crippen molar-refractivity contribution in [2.75, 3.05) is 11.9 Å². The lowest BCUT2D eigenvalue weighted by Crippen LogP contribution is -2.38. The van der Waals surface area contributed by atoms with Gasteiger partial charge in [0.25, 0.3) is 5.56 Å². The van der Waals surface area contributed by atoms with Crippen LogP contribution in [0, 0.1) is 0 Å². The van der Waals surface area contributed by atoms with Gasteiger partial charge in [-0.3, -0.25) is 9.36 Å². The summed E-state index contributed by atoms with van der Waals surface area (Å²) in [5.74, 6) is 0. The summed E-state index contributed by atoms with van der Waals surface area (Å²) < 4.78 is 8.51. The summed E-state index contributed by atoms with van der Waals surface area (Å²) in [6.45, 7) is 2.98. The molecular weight excluding hydrogens is 290 g/mol. The molecule has 2 aliphatic rings. The Morgan fingerprint density at radius 2 is 2.27 bits per heavy atom. The first-order chi connectivity index (χ1) is 10.6. The van der Waals surface area contributed by atoms with E-state index in [2.05, 4.69) is 15.6 Å². The SMILES string of the molecule is CCCNc1cc(=O)n2c3c1nnn3C[C@H]1O[C@@H]2[C@H](O)[C@@H]1O. The van der Waals surface area contributed by atoms with Gasteiger partial charge in [-0.1, -0.05) is 12.1 Å². The van der Waals surface area contributed by atoms with Gasteiger partial charge in [0.2, 0.25) is 0 Å². The molecule has 9 heteroatoms. The molecule has 1 saturated heterocycles. The maximum atomic E-state index is 12.5. The summed E-state index contributed by atoms with van der Waals surface area (Å²) in [5, 5.41) is 31.5. The van der Waals surface area contributed by atoms with Crippen LogP contribution in [0.15, 0.2) is 10.9 Å². The van der Waals surface area contributed by atoms with E-state index in [1.807, 2.05) is 6.92 Å². The van der Waals surface area contributed by atoms with Crippen LogP contribution in [0.4, 0.5) is 5.69 Å². The average Bonchev–Trinajstić information content (AvgIpc) is 2.96. The van der Waals surface area contributed by atoms with Crippen LogP contribution in [0.1, 0.15) is 19.6 Å². The second-order valence-corrected chi connectivity index (χ2v) is 5.68. The molecular formula is C13H17N5O4. The van der Waals surface area contributed by atoms with E-state index in [1.54, 1.807) is 4.68 Å². The van der Waals surface area contributed by atoms with Gasteiger partial charge in [0.1, 0.15) is 18.3 Å². The van der Waals surface area contributed by atoms with E-state index in [1.165, 1.54) is 10.6 Å². The maximum Gasteiger partial charge on any atom is 0.256 e. The number of aliphatic hydroxyl groups is 2. The number of ether oxygens (including phenoxy) is 1. The minimum absolute atomic E-state index is 0.238. The minimum Gasteiger partial charge on any atom is -0.387 e. The Hall–Kier alpha value is -1.97. The Labute approximate surface area is 125 Å². The number of fused-ring (bicyclic) bond motifs is 3. The topological polar surface area (TPSA) is 114 Å². The van der Waals surface area contributed by atoms with Crippen molar-refractivity contribution in [3.8, 4) is 0 Å². The van der Waals surface area contributed by atoms with Crippen molar-refractivity contribution in [1.82, 2.24) is 19.6 Å². The smallest absolute Gasteiger partial charge is 0.256 e. The molecule has 9 nitrogen and oxygen atoms in total. The maximum absolute atomic E-state index is 12.5. The third-order valence-corrected chi connectivity index (χ3v) is 4.21. The van der Waals surface area contributed by atoms with Crippen LogP contribution < -0.4 is 10.9 Å². The van der Waals surface area contributed by atoms with Crippen LogP contribution in [-0.2, 0) is 11.3 Å². The Morgan fingerprint density at radius 3 is 3.05 bits per heavy atom. The van der Waals surface area contributed by atoms with Gasteiger partial charge in [0.05, 0.1) is 12.2 Å². The molecule has 0 aliphatic carbocycles. The molecule has 4 rings (SSSR count). The van der Waals surface area contributed by atoms with Crippen LogP contribution in [0.25, 0.3) is 11.2 Å². The van der Waals surface area contributed by atoms with E-state index in [0.29, 0.717) is 16.9 Å². The zero-order valence-corrected chi connectivity index (χ0v) is 12.0. The lowest BCUT2D eigenvalue weighted by Gasteiger charge is -2.20. The second kappa shape index (κ2) is 4.77. The van der Waals surface area contributed by atoms with Gasteiger partial charge in [-0.25, -0.2) is 4.68 Å². The third-order valence-electron chi connectivity index (χ3n) is 4.21. The van der Waals surface area contributed by atoms with Gasteiger partial charge < -0.3 is 20.3 Å². The Balaban J connectivity index is 1.95. The molecule has 0 aromatic carbocycles. The molecule has 2 aromatic heterocycles. The molecule has 0 radical (unpaired) electrons. The van der Waals surface area contributed by atoms with E-state index < -0.39 is 24.5 Å². The number of anilines is 1. The predicted octanol–water partition coefficient (Wildman–Crippen LogP) is -0.952. The van der Waals surface area contributed by atoms with Gasteiger partial charge in [-0.05, 0) is 6.42 Å². The number of pyridine rings is 1. The highest BCUT2D eigenvalue weighted by molar-refractivity contribution is 5.85. The third kappa shape index (κ3) is 1.73. The zero-order valence-electron chi connectivity index (χ0n) is 12.0. The van der Waals surface area contributed by atoms with Crippen LogP contribution in [-0.4, -0.2) is 54.6 Å². The van der Waals surface area contributed by atoms with Gasteiger partial charge >= 0.3 is 0 Å². The minimum atomic E-state index is -1.15. The summed E-state index contributed by atoms with van der Waals surface area (Å²) in [6.07, 6.45) is -2.82. The quantitative estimate of drug-likeness (QED) is 0.669. The van der Waals surface area contributed by atoms with Crippen LogP contribution >= 0.6 is 0 Å². The monoisotopic (exact) mass is 307 g/mol. The number of hydrogen-bond donors (Lipinski definition) is 3. The molecule has 0 saturated carbocycles. The van der Waals surface area contributed by atoms with E-state index >= 15 is 0 Å². The highest BCUT2D eigenvalue weighted by Gasteiger charge is 2.47. The summed E-state index contributed by atoms with van der Waals surface area (Å²) in [6, 6.07) is 1.43. The summed E-state index contributed by atoms with van der Waals surface area (Å²) in [7, 11) is 0. The Morgan fingerprint density at radius 1 is 1.45 bits per heavy atom. The molecule has 2 bridgehead atoms. The molecule has 3 N–H and O–H groups in total. The van der Waals surface area contributed by atoms with Crippen molar-refractivity contribution in [1.29, 1.82) is 0 Å². The summed E-state index contributed by atoms with van der Waals surface area (Å²) in [5.41, 5.74) is 1.36. The number of aliphatic hydroxyl groups excluding tert-OH is 2. The standard InChI is InChI=1S/C13H17N5O4/c1-2-3-14-6-4-8(19)18-12-9(6)15-16-17(12)5-7-10(20)11(21)13(18)22-7/h4,7,10-11,13-14,20-21H,2-3,5H2,1H3/t7-,10-,11-,13-/m1/s1. The number of rotatable bonds is 3. The normalized spacial score (nSPS) is 29.8. The molecule has 22 heavy (non-hydrogen) atoms. The van der Waals surface area contributed by atoms with Crippen molar-refractivity contribution in [3.63, 3.8) is 0 Å². The van der Waals surface area contributed by atoms with E-state index in [9.17, 15) is 15.0 Å². The number of aromatic nitrogens is 4. The highest BCUT2D eigenvalue weighted by atomic mass is 16.6. The van der Waals surface area contributed by atoms with Crippen LogP contribution in [0.5, 0.6) is 0 Å². The molecule has 2 aromatic rings. The first-order valence-corrected chi connectivity index (χ1v) is 7.36. The fraction of sp³-hybridized carbons (Fsp3) is 0.615. The Bertz CT molecular complexity index is 785. The molecule has 118 valence electrons. The van der Waals surface area contributed by atoms with Crippen LogP contribution in [0.3, 0.4) is 0 Å². The van der Waals surface area contributed by atoms with Crippen molar-refractivity contribution in [2.24, 2.45) is 0 Å². The average molecular weight is 307 g/mol. The molecule has 0 spiro atoms. The second-order valence-electron chi connectivity index (χ2n) is 5.68. The highest BCUT2D eigenvalue weighted by Crippen LogP contribution is 2.35. The van der Waals surface area contributed by atoms with E-state index in [0.717, 1.165) is 13.0 Å². The largest absolute Gasteiger partial charge is 0.387 e. The number of nitrogens with one attached hydrogen (secondary N) is 1. The van der Waals surface area contributed by atoms with Crippen LogP contribution in [0.2, 0.25) is 0 Å². The molecule has 0 unspecified atom stereocenters. The van der Waals surface area contributed by atoms with Gasteiger partial charge in [0, 0.05) is 12.6 Å². The number of hydrogen-bond acceptors (Lipinski definition) is 7. The number of nitrogens with zero attached hydrogens (tertiary/aromatic N) is 4. The lowest BCUT2D eigenvalue weighted by molar-refractivity contribution is -0.0351.